The smallest absolute Gasteiger partial charge is 0.240 e. The third-order valence-electron chi connectivity index (χ3n) is 1.82. The van der Waals surface area contributed by atoms with Crippen LogP contribution in [0.5, 0.6) is 0 Å². The summed E-state index contributed by atoms with van der Waals surface area (Å²) in [6, 6.07) is 0. The highest BCUT2D eigenvalue weighted by Crippen LogP contribution is 2.23. The van der Waals surface area contributed by atoms with Crippen LogP contribution in [0.3, 0.4) is 0 Å². The van der Waals surface area contributed by atoms with Crippen LogP contribution < -0.4 is 5.32 Å². The molecule has 0 fully saturated rings. The molecule has 0 aromatic carbocycles. The molecule has 0 radical (unpaired) electrons. The van der Waals surface area contributed by atoms with Crippen LogP contribution in [0.1, 0.15) is 26.7 Å². The molecule has 0 aromatic rings. The normalized spacial score (nSPS) is 20.4. The van der Waals surface area contributed by atoms with Gasteiger partial charge >= 0.3 is 0 Å². The maximum absolute atomic E-state index is 10.9. The molecule has 0 aliphatic carbocycles. The van der Waals surface area contributed by atoms with Crippen LogP contribution in [0.4, 0.5) is 0 Å². The van der Waals surface area contributed by atoms with E-state index >= 15 is 0 Å². The summed E-state index contributed by atoms with van der Waals surface area (Å²) in [7, 11) is 0. The SMILES string of the molecule is CC1(C)CCC(NC(=O)CCl)=N1. The van der Waals surface area contributed by atoms with E-state index in [4.69, 9.17) is 11.6 Å². The van der Waals surface area contributed by atoms with E-state index in [0.29, 0.717) is 0 Å². The maximum Gasteiger partial charge on any atom is 0.240 e. The number of aliphatic imine (C=N–C) groups is 1. The van der Waals surface area contributed by atoms with Gasteiger partial charge in [0, 0.05) is 6.42 Å². The first-order valence-electron chi connectivity index (χ1n) is 3.98. The van der Waals surface area contributed by atoms with E-state index in [2.05, 4.69) is 10.3 Å². The van der Waals surface area contributed by atoms with Gasteiger partial charge in [0.05, 0.1) is 5.54 Å². The van der Waals surface area contributed by atoms with Crippen LogP contribution in [0.2, 0.25) is 0 Å². The lowest BCUT2D eigenvalue weighted by Crippen LogP contribution is -2.30. The Balaban J connectivity index is 2.50. The van der Waals surface area contributed by atoms with Gasteiger partial charge in [0.1, 0.15) is 11.7 Å². The van der Waals surface area contributed by atoms with Gasteiger partial charge in [-0.25, -0.2) is 0 Å². The Hall–Kier alpha value is -0.570. The number of halogens is 1. The average Bonchev–Trinajstić information content (AvgIpc) is 2.30. The number of amides is 1. The number of hydrogen-bond acceptors (Lipinski definition) is 2. The van der Waals surface area contributed by atoms with Crippen molar-refractivity contribution in [2.45, 2.75) is 32.2 Å². The van der Waals surface area contributed by atoms with Gasteiger partial charge in [0.15, 0.2) is 0 Å². The molecule has 1 aliphatic heterocycles. The standard InChI is InChI=1S/C8H13ClN2O/c1-8(2)4-3-6(11-8)10-7(12)5-9/h3-5H2,1-2H3,(H,10,11,12). The summed E-state index contributed by atoms with van der Waals surface area (Å²) in [5.74, 6) is 0.596. The van der Waals surface area contributed by atoms with Crippen molar-refractivity contribution >= 4 is 23.3 Å². The van der Waals surface area contributed by atoms with Crippen molar-refractivity contribution in [1.29, 1.82) is 0 Å². The quantitative estimate of drug-likeness (QED) is 0.620. The number of nitrogens with zero attached hydrogens (tertiary/aromatic N) is 1. The van der Waals surface area contributed by atoms with Gasteiger partial charge in [-0.3, -0.25) is 9.79 Å². The largest absolute Gasteiger partial charge is 0.313 e. The average molecular weight is 189 g/mol. The van der Waals surface area contributed by atoms with E-state index < -0.39 is 0 Å². The molecule has 0 aromatic heterocycles. The predicted molar refractivity (Wildman–Crippen MR) is 49.6 cm³/mol. The second kappa shape index (κ2) is 3.44. The van der Waals surface area contributed by atoms with E-state index in [9.17, 15) is 4.79 Å². The zero-order valence-corrected chi connectivity index (χ0v) is 8.11. The molecule has 1 N–H and O–H groups in total. The first-order valence-corrected chi connectivity index (χ1v) is 4.51. The van der Waals surface area contributed by atoms with Crippen LogP contribution in [-0.4, -0.2) is 23.2 Å². The molecule has 0 spiro atoms. The van der Waals surface area contributed by atoms with Crippen molar-refractivity contribution in [3.05, 3.63) is 0 Å². The fourth-order valence-corrected chi connectivity index (χ4v) is 1.25. The van der Waals surface area contributed by atoms with E-state index in [1.165, 1.54) is 0 Å². The van der Waals surface area contributed by atoms with Gasteiger partial charge < -0.3 is 5.32 Å². The number of carbonyl (C=O) groups is 1. The van der Waals surface area contributed by atoms with E-state index in [0.717, 1.165) is 18.7 Å². The Labute approximate surface area is 77.2 Å². The molecule has 1 amide bonds. The number of nitrogens with one attached hydrogen (secondary N) is 1. The Morgan fingerprint density at radius 2 is 2.42 bits per heavy atom. The van der Waals surface area contributed by atoms with Crippen molar-refractivity contribution in [2.24, 2.45) is 4.99 Å². The van der Waals surface area contributed by atoms with Crippen molar-refractivity contribution < 1.29 is 4.79 Å². The summed E-state index contributed by atoms with van der Waals surface area (Å²) in [4.78, 5) is 15.2. The second-order valence-electron chi connectivity index (χ2n) is 3.55. The summed E-state index contributed by atoms with van der Waals surface area (Å²) in [6.45, 7) is 4.10. The topological polar surface area (TPSA) is 41.5 Å². The van der Waals surface area contributed by atoms with Gasteiger partial charge in [-0.1, -0.05) is 0 Å². The fourth-order valence-electron chi connectivity index (χ4n) is 1.19. The zero-order chi connectivity index (χ0) is 9.19. The van der Waals surface area contributed by atoms with E-state index in [1.807, 2.05) is 13.8 Å². The molecule has 0 saturated heterocycles. The molecule has 68 valence electrons. The maximum atomic E-state index is 10.9. The highest BCUT2D eigenvalue weighted by molar-refractivity contribution is 6.28. The molecule has 12 heavy (non-hydrogen) atoms. The van der Waals surface area contributed by atoms with Crippen molar-refractivity contribution in [3.8, 4) is 0 Å². The minimum absolute atomic E-state index is 0.000547. The lowest BCUT2D eigenvalue weighted by Gasteiger charge is -2.10. The Morgan fingerprint density at radius 3 is 2.83 bits per heavy atom. The fraction of sp³-hybridized carbons (Fsp3) is 0.750. The summed E-state index contributed by atoms with van der Waals surface area (Å²) in [5.41, 5.74) is -0.0189. The number of amidine groups is 1. The van der Waals surface area contributed by atoms with Crippen LogP contribution in [-0.2, 0) is 4.79 Å². The molecule has 0 bridgehead atoms. The van der Waals surface area contributed by atoms with Gasteiger partial charge in [0.2, 0.25) is 5.91 Å². The van der Waals surface area contributed by atoms with E-state index in [-0.39, 0.29) is 17.3 Å². The molecule has 0 atom stereocenters. The third-order valence-corrected chi connectivity index (χ3v) is 2.06. The third kappa shape index (κ3) is 2.48. The number of hydrogen-bond donors (Lipinski definition) is 1. The molecule has 0 unspecified atom stereocenters. The summed E-state index contributed by atoms with van der Waals surface area (Å²) in [6.07, 6.45) is 1.83. The molecule has 1 rings (SSSR count). The van der Waals surface area contributed by atoms with Gasteiger partial charge in [-0.15, -0.1) is 11.6 Å². The molecule has 0 saturated carbocycles. The first kappa shape index (κ1) is 9.52. The minimum atomic E-state index is -0.173. The second-order valence-corrected chi connectivity index (χ2v) is 3.82. The van der Waals surface area contributed by atoms with Crippen LogP contribution >= 0.6 is 11.6 Å². The summed E-state index contributed by atoms with van der Waals surface area (Å²) >= 11 is 5.33. The molecular weight excluding hydrogens is 176 g/mol. The van der Waals surface area contributed by atoms with Gasteiger partial charge in [0.25, 0.3) is 0 Å². The highest BCUT2D eigenvalue weighted by Gasteiger charge is 2.24. The van der Waals surface area contributed by atoms with Crippen molar-refractivity contribution in [2.75, 3.05) is 5.88 Å². The number of alkyl halides is 1. The Kier molecular flexibility index (Phi) is 2.73. The van der Waals surface area contributed by atoms with E-state index in [1.54, 1.807) is 0 Å². The zero-order valence-electron chi connectivity index (χ0n) is 7.35. The number of rotatable bonds is 1. The lowest BCUT2D eigenvalue weighted by molar-refractivity contribution is -0.117. The first-order chi connectivity index (χ1) is 5.53. The highest BCUT2D eigenvalue weighted by atomic mass is 35.5. The molecule has 1 heterocycles. The molecule has 4 heteroatoms. The van der Waals surface area contributed by atoms with Crippen molar-refractivity contribution in [1.82, 2.24) is 5.32 Å². The Bertz CT molecular complexity index is 223. The van der Waals surface area contributed by atoms with Crippen LogP contribution in [0.25, 0.3) is 0 Å². The number of carbonyl (C=O) groups excluding carboxylic acids is 1. The van der Waals surface area contributed by atoms with Crippen molar-refractivity contribution in [3.63, 3.8) is 0 Å². The summed E-state index contributed by atoms with van der Waals surface area (Å²) < 4.78 is 0. The lowest BCUT2D eigenvalue weighted by atomic mass is 10.0. The molecular formula is C8H13ClN2O. The van der Waals surface area contributed by atoms with Crippen LogP contribution in [0, 0.1) is 0 Å². The Morgan fingerprint density at radius 1 is 1.75 bits per heavy atom. The molecule has 1 aliphatic rings. The van der Waals surface area contributed by atoms with Gasteiger partial charge in [-0.05, 0) is 20.3 Å². The monoisotopic (exact) mass is 188 g/mol. The summed E-state index contributed by atoms with van der Waals surface area (Å²) in [5, 5.41) is 2.66. The van der Waals surface area contributed by atoms with Gasteiger partial charge in [-0.2, -0.15) is 0 Å². The van der Waals surface area contributed by atoms with Crippen LogP contribution in [0.15, 0.2) is 4.99 Å². The predicted octanol–water partition coefficient (Wildman–Crippen LogP) is 1.31. The minimum Gasteiger partial charge on any atom is -0.313 e. The molecule has 3 nitrogen and oxygen atoms in total.